The lowest BCUT2D eigenvalue weighted by atomic mass is 10.1. The molecular formula is C16H24N5O5S+. The van der Waals surface area contributed by atoms with Crippen molar-refractivity contribution in [2.45, 2.75) is 37.0 Å². The van der Waals surface area contributed by atoms with Crippen molar-refractivity contribution in [3.63, 3.8) is 0 Å². The summed E-state index contributed by atoms with van der Waals surface area (Å²) in [5, 5.41) is 29.7. The number of aliphatic hydroxyl groups is 2. The van der Waals surface area contributed by atoms with E-state index in [0.29, 0.717) is 34.8 Å². The molecule has 3 rings (SSSR count). The van der Waals surface area contributed by atoms with Gasteiger partial charge in [-0.3, -0.25) is 9.36 Å². The van der Waals surface area contributed by atoms with E-state index in [1.807, 2.05) is 6.26 Å². The average molecular weight is 398 g/mol. The quantitative estimate of drug-likeness (QED) is 0.355. The maximum Gasteiger partial charge on any atom is 0.320 e. The van der Waals surface area contributed by atoms with Gasteiger partial charge < -0.3 is 31.5 Å². The number of nitrogens with two attached hydrogens (primary N) is 2. The van der Waals surface area contributed by atoms with Crippen molar-refractivity contribution in [1.82, 2.24) is 14.5 Å². The lowest BCUT2D eigenvalue weighted by Crippen LogP contribution is -2.37. The first-order chi connectivity index (χ1) is 12.8. The molecule has 0 spiro atoms. The number of carboxylic acid groups (broad SMARTS) is 1. The first kappa shape index (κ1) is 19.8. The molecule has 1 fully saturated rings. The van der Waals surface area contributed by atoms with Crippen LogP contribution in [0.3, 0.4) is 0 Å². The van der Waals surface area contributed by atoms with E-state index in [4.69, 9.17) is 21.3 Å². The molecule has 1 unspecified atom stereocenters. The third kappa shape index (κ3) is 4.01. The number of carboxylic acids is 1. The van der Waals surface area contributed by atoms with Crippen LogP contribution >= 0.6 is 0 Å². The van der Waals surface area contributed by atoms with Crippen LogP contribution in [0.25, 0.3) is 11.2 Å². The molecule has 10 nitrogen and oxygen atoms in total. The number of fused-ring (bicyclic) bond motifs is 1. The first-order valence-electron chi connectivity index (χ1n) is 8.45. The minimum Gasteiger partial charge on any atom is -0.480 e. The summed E-state index contributed by atoms with van der Waals surface area (Å²) < 4.78 is 7.47. The second-order valence-electron chi connectivity index (χ2n) is 6.66. The number of aliphatic hydroxyl groups excluding tert-OH is 2. The van der Waals surface area contributed by atoms with Gasteiger partial charge in [0.1, 0.15) is 41.4 Å². The maximum absolute atomic E-state index is 10.8. The topological polar surface area (TPSA) is 170 Å². The molecular weight excluding hydrogens is 374 g/mol. The molecule has 27 heavy (non-hydrogen) atoms. The summed E-state index contributed by atoms with van der Waals surface area (Å²) in [6, 6.07) is 0.731. The van der Waals surface area contributed by atoms with Crippen LogP contribution in [0.5, 0.6) is 0 Å². The number of carbonyl (C=O) groups is 1. The minimum atomic E-state index is -1.14. The van der Waals surface area contributed by atoms with Crippen molar-refractivity contribution >= 4 is 33.7 Å². The fourth-order valence-electron chi connectivity index (χ4n) is 3.05. The van der Waals surface area contributed by atoms with Crippen LogP contribution in [-0.4, -0.2) is 77.9 Å². The lowest BCUT2D eigenvalue weighted by Gasteiger charge is -2.16. The molecule has 2 aromatic rings. The van der Waals surface area contributed by atoms with Crippen molar-refractivity contribution in [2.24, 2.45) is 5.73 Å². The Labute approximate surface area is 158 Å². The van der Waals surface area contributed by atoms with Gasteiger partial charge in [-0.2, -0.15) is 0 Å². The Balaban J connectivity index is 1.68. The Morgan fingerprint density at radius 2 is 2.15 bits per heavy atom. The number of ether oxygens (including phenoxy) is 1. The van der Waals surface area contributed by atoms with Gasteiger partial charge in [0, 0.05) is 12.6 Å². The second-order valence-corrected chi connectivity index (χ2v) is 8.96. The summed E-state index contributed by atoms with van der Waals surface area (Å²) in [6.45, 7) is 0. The Morgan fingerprint density at radius 3 is 2.85 bits per heavy atom. The smallest absolute Gasteiger partial charge is 0.320 e. The number of pyridine rings is 1. The van der Waals surface area contributed by atoms with Crippen LogP contribution in [0.4, 0.5) is 5.69 Å². The van der Waals surface area contributed by atoms with Crippen molar-refractivity contribution < 1.29 is 24.9 Å². The summed E-state index contributed by atoms with van der Waals surface area (Å²) in [6.07, 6.45) is 1.69. The maximum atomic E-state index is 10.8. The largest absolute Gasteiger partial charge is 0.480 e. The van der Waals surface area contributed by atoms with E-state index in [-0.39, 0.29) is 10.9 Å². The summed E-state index contributed by atoms with van der Waals surface area (Å²) in [5.74, 6) is 0.0642. The van der Waals surface area contributed by atoms with Crippen molar-refractivity contribution in [2.75, 3.05) is 23.5 Å². The van der Waals surface area contributed by atoms with Gasteiger partial charge in [0.25, 0.3) is 0 Å². The van der Waals surface area contributed by atoms with Crippen LogP contribution < -0.4 is 11.5 Å². The summed E-state index contributed by atoms with van der Waals surface area (Å²) in [4.78, 5) is 19.3. The van der Waals surface area contributed by atoms with Crippen molar-refractivity contribution in [3.05, 3.63) is 18.6 Å². The highest BCUT2D eigenvalue weighted by Crippen LogP contribution is 2.32. The van der Waals surface area contributed by atoms with Gasteiger partial charge in [0.15, 0.2) is 11.9 Å². The predicted octanol–water partition coefficient (Wildman–Crippen LogP) is -1.32. The van der Waals surface area contributed by atoms with E-state index in [9.17, 15) is 15.0 Å². The molecule has 0 radical (unpaired) electrons. The van der Waals surface area contributed by atoms with Gasteiger partial charge in [-0.15, -0.1) is 0 Å². The molecule has 1 aliphatic heterocycles. The van der Waals surface area contributed by atoms with Gasteiger partial charge in [-0.05, 0) is 17.0 Å². The monoisotopic (exact) mass is 398 g/mol. The van der Waals surface area contributed by atoms with E-state index in [2.05, 4.69) is 9.97 Å². The average Bonchev–Trinajstić information content (AvgIpc) is 3.17. The Kier molecular flexibility index (Phi) is 5.86. The molecule has 0 saturated carbocycles. The molecule has 2 aromatic heterocycles. The van der Waals surface area contributed by atoms with Crippen molar-refractivity contribution in [1.29, 1.82) is 0 Å². The number of nitrogens with zero attached hydrogens (tertiary/aromatic N) is 3. The fourth-order valence-corrected chi connectivity index (χ4v) is 4.71. The molecule has 0 bridgehead atoms. The number of aliphatic carboxylic acids is 1. The molecule has 1 saturated heterocycles. The molecule has 0 aromatic carbocycles. The van der Waals surface area contributed by atoms with Gasteiger partial charge >= 0.3 is 5.97 Å². The molecule has 0 amide bonds. The molecule has 7 N–H and O–H groups in total. The number of aromatic nitrogens is 3. The molecule has 11 heteroatoms. The zero-order valence-electron chi connectivity index (χ0n) is 14.8. The second kappa shape index (κ2) is 7.98. The Bertz CT molecular complexity index is 818. The van der Waals surface area contributed by atoms with Crippen LogP contribution in [0.2, 0.25) is 0 Å². The third-order valence-corrected chi connectivity index (χ3v) is 6.48. The summed E-state index contributed by atoms with van der Waals surface area (Å²) in [7, 11) is -0.225. The minimum absolute atomic E-state index is 0.225. The van der Waals surface area contributed by atoms with Crippen molar-refractivity contribution in [3.8, 4) is 0 Å². The van der Waals surface area contributed by atoms with E-state index in [1.54, 1.807) is 16.8 Å². The van der Waals surface area contributed by atoms with Crippen LogP contribution in [-0.2, 0) is 20.4 Å². The first-order valence-corrected chi connectivity index (χ1v) is 10.4. The predicted molar refractivity (Wildman–Crippen MR) is 101 cm³/mol. The zero-order chi connectivity index (χ0) is 19.7. The van der Waals surface area contributed by atoms with E-state index in [1.165, 1.54) is 6.33 Å². The molecule has 6 atom stereocenters. The zero-order valence-corrected chi connectivity index (χ0v) is 15.6. The lowest BCUT2D eigenvalue weighted by molar-refractivity contribution is -0.138. The number of anilines is 1. The van der Waals surface area contributed by atoms with Gasteiger partial charge in [-0.1, -0.05) is 0 Å². The Morgan fingerprint density at radius 1 is 1.41 bits per heavy atom. The van der Waals surface area contributed by atoms with E-state index < -0.39 is 36.6 Å². The summed E-state index contributed by atoms with van der Waals surface area (Å²) in [5.41, 5.74) is 12.9. The number of hydrogen-bond acceptors (Lipinski definition) is 8. The highest BCUT2D eigenvalue weighted by atomic mass is 32.2. The number of hydrogen-bond donors (Lipinski definition) is 5. The number of imidazole rings is 1. The Hall–Kier alpha value is -1.92. The standard InChI is InChI=1S/C16H23N5O5S/c1-27(5-3-9(18)16(24)25)6-10-12(22)13(23)15(26-10)21-7-20-11-8(17)2-4-19-14(11)21/h2,4,7,9-10,12-13,15,22-23H,3,5-6,18H2,1H3,(H2-,17,19,24,25)/p+1/t9-,10+,12-,13?,15+,27-/m0/s1. The highest BCUT2D eigenvalue weighted by Gasteiger charge is 2.46. The van der Waals surface area contributed by atoms with Gasteiger partial charge in [0.05, 0.1) is 18.3 Å². The van der Waals surface area contributed by atoms with E-state index in [0.717, 1.165) is 0 Å². The van der Waals surface area contributed by atoms with Crippen LogP contribution in [0.1, 0.15) is 12.6 Å². The SMILES string of the molecule is C[S@@+](CC[C@H](N)C(=O)O)C[C@H]1O[C@@H](n2cnc3c(N)ccnc32)C(O)[C@H]1O. The highest BCUT2D eigenvalue weighted by molar-refractivity contribution is 7.96. The number of rotatable bonds is 7. The molecule has 1 aliphatic rings. The normalized spacial score (nSPS) is 27.7. The third-order valence-electron chi connectivity index (χ3n) is 4.65. The van der Waals surface area contributed by atoms with Gasteiger partial charge in [0.2, 0.25) is 0 Å². The van der Waals surface area contributed by atoms with Gasteiger partial charge in [-0.25, -0.2) is 9.97 Å². The van der Waals surface area contributed by atoms with Crippen LogP contribution in [0.15, 0.2) is 18.6 Å². The molecule has 148 valence electrons. The molecule has 3 heterocycles. The molecule has 0 aliphatic carbocycles. The number of nitrogen functional groups attached to an aromatic ring is 1. The van der Waals surface area contributed by atoms with Crippen LogP contribution in [0, 0.1) is 0 Å². The summed E-state index contributed by atoms with van der Waals surface area (Å²) >= 11 is 0. The van der Waals surface area contributed by atoms with E-state index >= 15 is 0 Å². The fraction of sp³-hybridized carbons (Fsp3) is 0.562.